The highest BCUT2D eigenvalue weighted by atomic mass is 19.1. The number of amides is 2. The van der Waals surface area contributed by atoms with Crippen LogP contribution in [0.4, 0.5) is 4.39 Å². The van der Waals surface area contributed by atoms with Crippen molar-refractivity contribution in [3.8, 4) is 0 Å². The van der Waals surface area contributed by atoms with Gasteiger partial charge in [-0.2, -0.15) is 0 Å². The molecular weight excluding hydrogens is 371 g/mol. The van der Waals surface area contributed by atoms with E-state index in [1.807, 2.05) is 11.8 Å². The number of piperidine rings is 2. The second-order valence-corrected chi connectivity index (χ2v) is 8.21. The van der Waals surface area contributed by atoms with Crippen molar-refractivity contribution in [2.75, 3.05) is 19.6 Å². The maximum atomic E-state index is 14.1. The maximum Gasteiger partial charge on any atom is 0.256 e. The first kappa shape index (κ1) is 19.5. The third-order valence-electron chi connectivity index (χ3n) is 5.99. The quantitative estimate of drug-likeness (QED) is 0.800. The number of hydrogen-bond donors (Lipinski definition) is 0. The second kappa shape index (κ2) is 7.89. The summed E-state index contributed by atoms with van der Waals surface area (Å²) in [5, 5.41) is 0. The lowest BCUT2D eigenvalue weighted by Crippen LogP contribution is -2.55. The first-order valence-electron chi connectivity index (χ1n) is 10.0. The number of aromatic nitrogens is 2. The summed E-state index contributed by atoms with van der Waals surface area (Å²) in [4.78, 5) is 37.6. The molecule has 2 aliphatic rings. The Labute approximate surface area is 169 Å². The SMILES string of the molecule is Cc1cnc(CN2C[C@@]3(CCCN(C(=O)c4ccccc4F)C3)CCC2=O)cn1. The minimum atomic E-state index is -0.490. The molecule has 1 aromatic heterocycles. The molecule has 1 atom stereocenters. The fraction of sp³-hybridized carbons (Fsp3) is 0.455. The van der Waals surface area contributed by atoms with Crippen LogP contribution in [0.5, 0.6) is 0 Å². The van der Waals surface area contributed by atoms with Gasteiger partial charge in [0.1, 0.15) is 5.82 Å². The van der Waals surface area contributed by atoms with Gasteiger partial charge in [0.2, 0.25) is 5.91 Å². The summed E-state index contributed by atoms with van der Waals surface area (Å²) >= 11 is 0. The molecule has 1 aromatic carbocycles. The third-order valence-corrected chi connectivity index (χ3v) is 5.99. The fourth-order valence-corrected chi connectivity index (χ4v) is 4.46. The number of aryl methyl sites for hydroxylation is 1. The van der Waals surface area contributed by atoms with Crippen LogP contribution in [0.25, 0.3) is 0 Å². The van der Waals surface area contributed by atoms with E-state index in [1.54, 1.807) is 29.4 Å². The number of hydrogen-bond acceptors (Lipinski definition) is 4. The van der Waals surface area contributed by atoms with Crippen LogP contribution in [0.1, 0.15) is 47.4 Å². The number of likely N-dealkylation sites (tertiary alicyclic amines) is 2. The van der Waals surface area contributed by atoms with E-state index < -0.39 is 5.82 Å². The Hall–Kier alpha value is -2.83. The smallest absolute Gasteiger partial charge is 0.256 e. The van der Waals surface area contributed by atoms with Gasteiger partial charge in [-0.25, -0.2) is 4.39 Å². The minimum absolute atomic E-state index is 0.107. The van der Waals surface area contributed by atoms with Crippen LogP contribution in [0.3, 0.4) is 0 Å². The van der Waals surface area contributed by atoms with E-state index in [2.05, 4.69) is 9.97 Å². The van der Waals surface area contributed by atoms with Gasteiger partial charge in [-0.05, 0) is 38.3 Å². The summed E-state index contributed by atoms with van der Waals surface area (Å²) in [6, 6.07) is 6.12. The number of rotatable bonds is 3. The lowest BCUT2D eigenvalue weighted by atomic mass is 9.73. The fourth-order valence-electron chi connectivity index (χ4n) is 4.46. The second-order valence-electron chi connectivity index (χ2n) is 8.21. The van der Waals surface area contributed by atoms with E-state index in [-0.39, 0.29) is 22.8 Å². The third kappa shape index (κ3) is 4.13. The summed E-state index contributed by atoms with van der Waals surface area (Å²) in [6.07, 6.45) is 6.43. The van der Waals surface area contributed by atoms with Crippen molar-refractivity contribution < 1.29 is 14.0 Å². The standard InChI is InChI=1S/C22H25FN4O2/c1-16-11-25-17(12-24-16)13-27-15-22(9-7-20(27)28)8-4-10-26(14-22)21(29)18-5-2-3-6-19(18)23/h2-3,5-6,11-12H,4,7-10,13-15H2,1H3/t22-/m0/s1. The van der Waals surface area contributed by atoms with Gasteiger partial charge in [0, 0.05) is 37.7 Å². The summed E-state index contributed by atoms with van der Waals surface area (Å²) in [5.41, 5.74) is 1.56. The molecule has 0 N–H and O–H groups in total. The van der Waals surface area contributed by atoms with Gasteiger partial charge >= 0.3 is 0 Å². The molecule has 0 unspecified atom stereocenters. The zero-order valence-electron chi connectivity index (χ0n) is 16.6. The molecule has 4 rings (SSSR count). The monoisotopic (exact) mass is 396 g/mol. The van der Waals surface area contributed by atoms with Crippen molar-refractivity contribution in [1.29, 1.82) is 0 Å². The predicted octanol–water partition coefficient (Wildman–Crippen LogP) is 2.97. The van der Waals surface area contributed by atoms with Crippen LogP contribution in [-0.2, 0) is 11.3 Å². The molecule has 152 valence electrons. The predicted molar refractivity (Wildman–Crippen MR) is 105 cm³/mol. The van der Waals surface area contributed by atoms with Crippen molar-refractivity contribution in [2.24, 2.45) is 5.41 Å². The first-order valence-corrected chi connectivity index (χ1v) is 10.0. The highest BCUT2D eigenvalue weighted by molar-refractivity contribution is 5.94. The van der Waals surface area contributed by atoms with Crippen LogP contribution in [0, 0.1) is 18.2 Å². The molecule has 0 bridgehead atoms. The first-order chi connectivity index (χ1) is 14.0. The highest BCUT2D eigenvalue weighted by Crippen LogP contribution is 2.39. The molecule has 2 saturated heterocycles. The highest BCUT2D eigenvalue weighted by Gasteiger charge is 2.43. The van der Waals surface area contributed by atoms with Crippen LogP contribution < -0.4 is 0 Å². The Morgan fingerprint density at radius 3 is 2.76 bits per heavy atom. The lowest BCUT2D eigenvalue weighted by molar-refractivity contribution is -0.139. The Morgan fingerprint density at radius 1 is 1.17 bits per heavy atom. The zero-order valence-corrected chi connectivity index (χ0v) is 16.6. The molecule has 0 aliphatic carbocycles. The number of carbonyl (C=O) groups is 2. The van der Waals surface area contributed by atoms with Gasteiger partial charge in [-0.3, -0.25) is 19.6 Å². The molecule has 0 radical (unpaired) electrons. The largest absolute Gasteiger partial charge is 0.338 e. The van der Waals surface area contributed by atoms with Gasteiger partial charge in [-0.15, -0.1) is 0 Å². The van der Waals surface area contributed by atoms with Gasteiger partial charge in [0.05, 0.1) is 29.7 Å². The van der Waals surface area contributed by atoms with Gasteiger partial charge in [-0.1, -0.05) is 12.1 Å². The van der Waals surface area contributed by atoms with E-state index in [1.165, 1.54) is 12.1 Å². The maximum absolute atomic E-state index is 14.1. The summed E-state index contributed by atoms with van der Waals surface area (Å²) in [7, 11) is 0. The number of carbonyl (C=O) groups excluding carboxylic acids is 2. The summed E-state index contributed by atoms with van der Waals surface area (Å²) < 4.78 is 14.1. The minimum Gasteiger partial charge on any atom is -0.338 e. The normalized spacial score (nSPS) is 22.2. The van der Waals surface area contributed by atoms with Gasteiger partial charge in [0.15, 0.2) is 0 Å². The lowest BCUT2D eigenvalue weighted by Gasteiger charge is -2.48. The molecule has 2 aliphatic heterocycles. The Balaban J connectivity index is 1.49. The van der Waals surface area contributed by atoms with E-state index >= 15 is 0 Å². The van der Waals surface area contributed by atoms with Gasteiger partial charge < -0.3 is 9.80 Å². The van der Waals surface area contributed by atoms with Crippen LogP contribution in [-0.4, -0.2) is 51.2 Å². The average Bonchev–Trinajstić information content (AvgIpc) is 2.73. The molecule has 7 heteroatoms. The molecule has 6 nitrogen and oxygen atoms in total. The molecule has 2 fully saturated rings. The van der Waals surface area contributed by atoms with Crippen LogP contribution in [0.15, 0.2) is 36.7 Å². The summed E-state index contributed by atoms with van der Waals surface area (Å²) in [5.74, 6) is -0.652. The van der Waals surface area contributed by atoms with Crippen LogP contribution >= 0.6 is 0 Å². The number of nitrogens with zero attached hydrogens (tertiary/aromatic N) is 4. The molecule has 2 amide bonds. The average molecular weight is 396 g/mol. The Morgan fingerprint density at radius 2 is 2.00 bits per heavy atom. The zero-order chi connectivity index (χ0) is 20.4. The topological polar surface area (TPSA) is 66.4 Å². The van der Waals surface area contributed by atoms with E-state index in [0.717, 1.165) is 30.7 Å². The Kier molecular flexibility index (Phi) is 5.30. The van der Waals surface area contributed by atoms with Crippen molar-refractivity contribution in [3.63, 3.8) is 0 Å². The molecule has 29 heavy (non-hydrogen) atoms. The van der Waals surface area contributed by atoms with E-state index in [4.69, 9.17) is 0 Å². The molecule has 3 heterocycles. The molecule has 1 spiro atoms. The molecule has 0 saturated carbocycles. The molecule has 2 aromatic rings. The Bertz CT molecular complexity index is 917. The van der Waals surface area contributed by atoms with Crippen molar-refractivity contribution in [2.45, 2.75) is 39.2 Å². The van der Waals surface area contributed by atoms with Gasteiger partial charge in [0.25, 0.3) is 5.91 Å². The number of halogens is 1. The van der Waals surface area contributed by atoms with E-state index in [9.17, 15) is 14.0 Å². The van der Waals surface area contributed by atoms with E-state index in [0.29, 0.717) is 32.6 Å². The molecular formula is C22H25FN4O2. The van der Waals surface area contributed by atoms with Crippen LogP contribution in [0.2, 0.25) is 0 Å². The van der Waals surface area contributed by atoms with Crippen molar-refractivity contribution in [1.82, 2.24) is 19.8 Å². The van der Waals surface area contributed by atoms with Crippen molar-refractivity contribution in [3.05, 3.63) is 59.4 Å². The van der Waals surface area contributed by atoms with Crippen molar-refractivity contribution >= 4 is 11.8 Å². The summed E-state index contributed by atoms with van der Waals surface area (Å²) in [6.45, 7) is 4.05. The number of benzene rings is 1.